The van der Waals surface area contributed by atoms with Crippen molar-refractivity contribution in [1.29, 1.82) is 0 Å². The molecule has 0 radical (unpaired) electrons. The number of unbranched alkanes of at least 4 members (excludes halogenated alkanes) is 1. The van der Waals surface area contributed by atoms with Gasteiger partial charge in [0.1, 0.15) is 5.82 Å². The Morgan fingerprint density at radius 3 is 2.70 bits per heavy atom. The lowest BCUT2D eigenvalue weighted by molar-refractivity contribution is 0.614. The lowest BCUT2D eigenvalue weighted by atomic mass is 10.1. The molecule has 2 heterocycles. The van der Waals surface area contributed by atoms with E-state index in [1.54, 1.807) is 11.3 Å². The van der Waals surface area contributed by atoms with Crippen LogP contribution in [0.4, 0.5) is 0 Å². The number of rotatable bonds is 6. The van der Waals surface area contributed by atoms with Crippen LogP contribution in [0.15, 0.2) is 60.2 Å². The highest BCUT2D eigenvalue weighted by atomic mass is 32.1. The van der Waals surface area contributed by atoms with Crippen molar-refractivity contribution in [2.45, 2.75) is 25.8 Å². The number of imidazole rings is 1. The van der Waals surface area contributed by atoms with Crippen molar-refractivity contribution < 1.29 is 0 Å². The van der Waals surface area contributed by atoms with Crippen LogP contribution in [0.3, 0.4) is 0 Å². The Bertz CT molecular complexity index is 626. The van der Waals surface area contributed by atoms with Gasteiger partial charge in [0.05, 0.1) is 4.88 Å². The minimum Gasteiger partial charge on any atom is -0.330 e. The van der Waals surface area contributed by atoms with E-state index in [-0.39, 0.29) is 0 Å². The van der Waals surface area contributed by atoms with E-state index in [2.05, 4.69) is 63.6 Å². The van der Waals surface area contributed by atoms with Crippen LogP contribution >= 0.6 is 11.3 Å². The highest BCUT2D eigenvalue weighted by Crippen LogP contribution is 2.23. The first-order valence-electron chi connectivity index (χ1n) is 7.02. The lowest BCUT2D eigenvalue weighted by Gasteiger charge is -2.06. The number of hydrogen-bond donors (Lipinski definition) is 0. The molecule has 2 aromatic heterocycles. The van der Waals surface area contributed by atoms with Crippen molar-refractivity contribution in [3.63, 3.8) is 0 Å². The Morgan fingerprint density at radius 2 is 1.90 bits per heavy atom. The van der Waals surface area contributed by atoms with Gasteiger partial charge < -0.3 is 4.57 Å². The molecule has 0 saturated heterocycles. The second kappa shape index (κ2) is 6.53. The van der Waals surface area contributed by atoms with Gasteiger partial charge in [-0.1, -0.05) is 36.4 Å². The summed E-state index contributed by atoms with van der Waals surface area (Å²) in [5.74, 6) is 1.10. The summed E-state index contributed by atoms with van der Waals surface area (Å²) in [5, 5.41) is 2.10. The summed E-state index contributed by atoms with van der Waals surface area (Å²) in [6.07, 6.45) is 7.53. The Kier molecular flexibility index (Phi) is 4.28. The zero-order valence-electron chi connectivity index (χ0n) is 11.4. The van der Waals surface area contributed by atoms with Crippen molar-refractivity contribution in [2.75, 3.05) is 0 Å². The SMILES string of the molecule is c1ccc(CCCCn2ccnc2-c2cccs2)cc1. The molecular weight excluding hydrogens is 264 g/mol. The standard InChI is InChI=1S/C17H18N2S/c1-2-7-15(8-3-1)9-4-5-12-19-13-11-18-17(19)16-10-6-14-20-16/h1-3,6-8,10-11,13-14H,4-5,9,12H2. The van der Waals surface area contributed by atoms with Gasteiger partial charge in [-0.15, -0.1) is 11.3 Å². The van der Waals surface area contributed by atoms with Gasteiger partial charge in [0.2, 0.25) is 0 Å². The van der Waals surface area contributed by atoms with Gasteiger partial charge in [-0.05, 0) is 36.3 Å². The minimum absolute atomic E-state index is 1.04. The van der Waals surface area contributed by atoms with Gasteiger partial charge in [0.15, 0.2) is 0 Å². The van der Waals surface area contributed by atoms with Crippen molar-refractivity contribution in [1.82, 2.24) is 9.55 Å². The van der Waals surface area contributed by atoms with Gasteiger partial charge >= 0.3 is 0 Å². The van der Waals surface area contributed by atoms with Crippen LogP contribution in [0.2, 0.25) is 0 Å². The first kappa shape index (κ1) is 13.1. The van der Waals surface area contributed by atoms with E-state index in [1.807, 2.05) is 6.20 Å². The third-order valence-electron chi connectivity index (χ3n) is 3.41. The largest absolute Gasteiger partial charge is 0.330 e. The third-order valence-corrected chi connectivity index (χ3v) is 4.28. The molecule has 3 rings (SSSR count). The highest BCUT2D eigenvalue weighted by Gasteiger charge is 2.06. The van der Waals surface area contributed by atoms with E-state index in [0.29, 0.717) is 0 Å². The Hall–Kier alpha value is -1.87. The maximum Gasteiger partial charge on any atom is 0.149 e. The van der Waals surface area contributed by atoms with Gasteiger partial charge in [-0.2, -0.15) is 0 Å². The summed E-state index contributed by atoms with van der Waals surface area (Å²) in [4.78, 5) is 5.72. The number of aromatic nitrogens is 2. The molecule has 0 aliphatic carbocycles. The van der Waals surface area contributed by atoms with Crippen LogP contribution in [0.5, 0.6) is 0 Å². The fourth-order valence-electron chi connectivity index (χ4n) is 2.38. The Labute approximate surface area is 123 Å². The van der Waals surface area contributed by atoms with Crippen LogP contribution in [-0.4, -0.2) is 9.55 Å². The number of hydrogen-bond acceptors (Lipinski definition) is 2. The summed E-state index contributed by atoms with van der Waals surface area (Å²) in [6, 6.07) is 14.9. The molecule has 2 nitrogen and oxygen atoms in total. The van der Waals surface area contributed by atoms with E-state index < -0.39 is 0 Å². The van der Waals surface area contributed by atoms with Gasteiger partial charge in [-0.3, -0.25) is 0 Å². The molecule has 0 unspecified atom stereocenters. The third kappa shape index (κ3) is 3.17. The van der Waals surface area contributed by atoms with Crippen molar-refractivity contribution >= 4 is 11.3 Å². The summed E-state index contributed by atoms with van der Waals surface area (Å²) < 4.78 is 2.26. The highest BCUT2D eigenvalue weighted by molar-refractivity contribution is 7.13. The maximum absolute atomic E-state index is 4.47. The molecule has 0 saturated carbocycles. The summed E-state index contributed by atoms with van der Waals surface area (Å²) in [6.45, 7) is 1.04. The molecule has 20 heavy (non-hydrogen) atoms. The average Bonchev–Trinajstić information content (AvgIpc) is 3.15. The van der Waals surface area contributed by atoms with Gasteiger partial charge in [0.25, 0.3) is 0 Å². The van der Waals surface area contributed by atoms with Crippen molar-refractivity contribution in [2.24, 2.45) is 0 Å². The lowest BCUT2D eigenvalue weighted by Crippen LogP contribution is -1.99. The smallest absolute Gasteiger partial charge is 0.149 e. The molecule has 3 heteroatoms. The van der Waals surface area contributed by atoms with E-state index in [9.17, 15) is 0 Å². The summed E-state index contributed by atoms with van der Waals surface area (Å²) in [5.41, 5.74) is 1.43. The number of nitrogens with zero attached hydrogens (tertiary/aromatic N) is 2. The predicted octanol–water partition coefficient (Wildman–Crippen LogP) is 4.63. The molecule has 0 N–H and O–H groups in total. The molecule has 0 bridgehead atoms. The Morgan fingerprint density at radius 1 is 1.00 bits per heavy atom. The summed E-state index contributed by atoms with van der Waals surface area (Å²) in [7, 11) is 0. The van der Waals surface area contributed by atoms with E-state index in [4.69, 9.17) is 0 Å². The maximum atomic E-state index is 4.47. The average molecular weight is 282 g/mol. The second-order valence-corrected chi connectivity index (χ2v) is 5.81. The first-order chi connectivity index (χ1) is 9.93. The number of aryl methyl sites for hydroxylation is 2. The van der Waals surface area contributed by atoms with Crippen molar-refractivity contribution in [3.05, 3.63) is 65.8 Å². The van der Waals surface area contributed by atoms with Crippen LogP contribution < -0.4 is 0 Å². The minimum atomic E-state index is 1.04. The van der Waals surface area contributed by atoms with Crippen LogP contribution in [0.25, 0.3) is 10.7 Å². The summed E-state index contributed by atoms with van der Waals surface area (Å²) >= 11 is 1.75. The van der Waals surface area contributed by atoms with Crippen LogP contribution in [-0.2, 0) is 13.0 Å². The Balaban J connectivity index is 1.53. The normalized spacial score (nSPS) is 10.8. The number of benzene rings is 1. The van der Waals surface area contributed by atoms with Crippen molar-refractivity contribution in [3.8, 4) is 10.7 Å². The fourth-order valence-corrected chi connectivity index (χ4v) is 3.11. The monoisotopic (exact) mass is 282 g/mol. The van der Waals surface area contributed by atoms with E-state index in [1.165, 1.54) is 23.3 Å². The molecule has 0 spiro atoms. The predicted molar refractivity (Wildman–Crippen MR) is 84.9 cm³/mol. The quantitative estimate of drug-likeness (QED) is 0.602. The molecule has 3 aromatic rings. The second-order valence-electron chi connectivity index (χ2n) is 4.86. The molecule has 0 atom stereocenters. The molecule has 1 aromatic carbocycles. The molecule has 0 fully saturated rings. The fraction of sp³-hybridized carbons (Fsp3) is 0.235. The molecule has 102 valence electrons. The van der Waals surface area contributed by atoms with Gasteiger partial charge in [-0.25, -0.2) is 4.98 Å². The van der Waals surface area contributed by atoms with Gasteiger partial charge in [0, 0.05) is 18.9 Å². The van der Waals surface area contributed by atoms with E-state index >= 15 is 0 Å². The van der Waals surface area contributed by atoms with Crippen LogP contribution in [0.1, 0.15) is 18.4 Å². The molecule has 0 amide bonds. The van der Waals surface area contributed by atoms with Crippen LogP contribution in [0, 0.1) is 0 Å². The molecule has 0 aliphatic rings. The zero-order chi connectivity index (χ0) is 13.6. The number of thiophene rings is 1. The zero-order valence-corrected chi connectivity index (χ0v) is 12.2. The molecular formula is C17H18N2S. The first-order valence-corrected chi connectivity index (χ1v) is 7.90. The topological polar surface area (TPSA) is 17.8 Å². The van der Waals surface area contributed by atoms with E-state index in [0.717, 1.165) is 18.8 Å². The molecule has 0 aliphatic heterocycles.